The number of aryl methyl sites for hydroxylation is 1. The van der Waals surface area contributed by atoms with Gasteiger partial charge in [-0.3, -0.25) is 16.3 Å². The average Bonchev–Trinajstić information content (AvgIpc) is 2.76. The fraction of sp³-hybridized carbons (Fsp3) is 0.688. The van der Waals surface area contributed by atoms with Gasteiger partial charge in [-0.25, -0.2) is 0 Å². The lowest BCUT2D eigenvalue weighted by atomic mass is 9.76. The summed E-state index contributed by atoms with van der Waals surface area (Å²) in [6, 6.07) is 4.65. The zero-order chi connectivity index (χ0) is 13.9. The van der Waals surface area contributed by atoms with Gasteiger partial charge in [-0.15, -0.1) is 0 Å². The Bertz CT molecular complexity index is 397. The van der Waals surface area contributed by atoms with E-state index in [1.807, 2.05) is 6.20 Å². The first kappa shape index (κ1) is 14.5. The van der Waals surface area contributed by atoms with Crippen LogP contribution in [0, 0.1) is 11.3 Å². The topological polar surface area (TPSA) is 50.9 Å². The molecule has 1 saturated carbocycles. The molecule has 0 bridgehead atoms. The van der Waals surface area contributed by atoms with Crippen LogP contribution in [0.15, 0.2) is 18.3 Å². The van der Waals surface area contributed by atoms with Crippen LogP contribution < -0.4 is 11.3 Å². The zero-order valence-corrected chi connectivity index (χ0v) is 12.4. The highest BCUT2D eigenvalue weighted by molar-refractivity contribution is 5.15. The van der Waals surface area contributed by atoms with Gasteiger partial charge in [-0.05, 0) is 42.2 Å². The van der Waals surface area contributed by atoms with E-state index < -0.39 is 0 Å². The van der Waals surface area contributed by atoms with E-state index in [1.165, 1.54) is 24.8 Å². The van der Waals surface area contributed by atoms with Crippen molar-refractivity contribution in [1.82, 2.24) is 10.4 Å². The molecule has 0 aliphatic heterocycles. The Morgan fingerprint density at radius 1 is 1.47 bits per heavy atom. The van der Waals surface area contributed by atoms with Crippen molar-refractivity contribution in [2.24, 2.45) is 17.2 Å². The number of pyridine rings is 1. The van der Waals surface area contributed by atoms with Gasteiger partial charge in [0.2, 0.25) is 0 Å². The smallest absolute Gasteiger partial charge is 0.0419 e. The van der Waals surface area contributed by atoms with Gasteiger partial charge >= 0.3 is 0 Å². The van der Waals surface area contributed by atoms with Crippen LogP contribution in [0.5, 0.6) is 0 Å². The van der Waals surface area contributed by atoms with Crippen molar-refractivity contribution in [2.45, 2.75) is 58.9 Å². The maximum atomic E-state index is 5.80. The zero-order valence-electron chi connectivity index (χ0n) is 12.4. The summed E-state index contributed by atoms with van der Waals surface area (Å²) in [5, 5.41) is 0. The Morgan fingerprint density at radius 3 is 2.74 bits per heavy atom. The SMILES string of the molecule is CCc1ccc(CC(NN)C2CCCC2(C)C)nc1. The number of hydrogen-bond acceptors (Lipinski definition) is 3. The lowest BCUT2D eigenvalue weighted by Gasteiger charge is -2.33. The second-order valence-electron chi connectivity index (χ2n) is 6.48. The molecule has 1 aliphatic rings. The van der Waals surface area contributed by atoms with Crippen LogP contribution in [-0.2, 0) is 12.8 Å². The van der Waals surface area contributed by atoms with Gasteiger partial charge in [0.25, 0.3) is 0 Å². The molecule has 2 unspecified atom stereocenters. The molecule has 19 heavy (non-hydrogen) atoms. The van der Waals surface area contributed by atoms with Gasteiger partial charge in [-0.1, -0.05) is 33.3 Å². The van der Waals surface area contributed by atoms with Gasteiger partial charge in [0.05, 0.1) is 0 Å². The van der Waals surface area contributed by atoms with Crippen LogP contribution in [0.3, 0.4) is 0 Å². The molecular weight excluding hydrogens is 234 g/mol. The summed E-state index contributed by atoms with van der Waals surface area (Å²) in [5.41, 5.74) is 5.86. The molecule has 106 valence electrons. The van der Waals surface area contributed by atoms with E-state index >= 15 is 0 Å². The molecule has 1 aromatic heterocycles. The third-order valence-corrected chi connectivity index (χ3v) is 4.76. The molecule has 0 radical (unpaired) electrons. The van der Waals surface area contributed by atoms with Crippen molar-refractivity contribution in [3.8, 4) is 0 Å². The maximum Gasteiger partial charge on any atom is 0.0419 e. The molecule has 2 atom stereocenters. The van der Waals surface area contributed by atoms with Gasteiger partial charge in [-0.2, -0.15) is 0 Å². The second kappa shape index (κ2) is 6.02. The monoisotopic (exact) mass is 261 g/mol. The van der Waals surface area contributed by atoms with E-state index in [-0.39, 0.29) is 0 Å². The summed E-state index contributed by atoms with van der Waals surface area (Å²) >= 11 is 0. The van der Waals surface area contributed by atoms with Crippen LogP contribution in [0.4, 0.5) is 0 Å². The molecule has 1 aromatic rings. The molecule has 3 N–H and O–H groups in total. The third-order valence-electron chi connectivity index (χ3n) is 4.76. The molecule has 1 fully saturated rings. The van der Waals surface area contributed by atoms with Gasteiger partial charge in [0, 0.05) is 24.4 Å². The molecule has 0 aromatic carbocycles. The number of nitrogens with one attached hydrogen (secondary N) is 1. The first-order chi connectivity index (χ1) is 9.06. The summed E-state index contributed by atoms with van der Waals surface area (Å²) in [6.45, 7) is 6.88. The number of rotatable bonds is 5. The number of hydrazine groups is 1. The summed E-state index contributed by atoms with van der Waals surface area (Å²) in [7, 11) is 0. The number of nitrogens with zero attached hydrogens (tertiary/aromatic N) is 1. The summed E-state index contributed by atoms with van der Waals surface area (Å²) < 4.78 is 0. The van der Waals surface area contributed by atoms with Crippen molar-refractivity contribution in [3.63, 3.8) is 0 Å². The van der Waals surface area contributed by atoms with E-state index in [4.69, 9.17) is 5.84 Å². The minimum Gasteiger partial charge on any atom is -0.271 e. The number of hydrogen-bond donors (Lipinski definition) is 2. The van der Waals surface area contributed by atoms with Crippen LogP contribution in [0.1, 0.15) is 51.3 Å². The summed E-state index contributed by atoms with van der Waals surface area (Å²) in [5.74, 6) is 6.44. The predicted molar refractivity (Wildman–Crippen MR) is 79.6 cm³/mol. The molecule has 0 amide bonds. The highest BCUT2D eigenvalue weighted by Crippen LogP contribution is 2.44. The highest BCUT2D eigenvalue weighted by Gasteiger charge is 2.39. The minimum absolute atomic E-state index is 0.331. The molecule has 0 saturated heterocycles. The summed E-state index contributed by atoms with van der Waals surface area (Å²) in [6.07, 6.45) is 7.85. The lowest BCUT2D eigenvalue weighted by molar-refractivity contribution is 0.195. The number of aromatic nitrogens is 1. The Kier molecular flexibility index (Phi) is 4.58. The van der Waals surface area contributed by atoms with E-state index in [0.29, 0.717) is 17.4 Å². The molecule has 2 rings (SSSR count). The van der Waals surface area contributed by atoms with Gasteiger partial charge in [0.15, 0.2) is 0 Å². The Labute approximate surface area is 117 Å². The molecule has 0 spiro atoms. The van der Waals surface area contributed by atoms with Crippen molar-refractivity contribution in [3.05, 3.63) is 29.6 Å². The van der Waals surface area contributed by atoms with E-state index in [9.17, 15) is 0 Å². The van der Waals surface area contributed by atoms with E-state index in [1.54, 1.807) is 0 Å². The third kappa shape index (κ3) is 3.34. The van der Waals surface area contributed by atoms with E-state index in [0.717, 1.165) is 18.5 Å². The van der Waals surface area contributed by atoms with Crippen molar-refractivity contribution in [2.75, 3.05) is 0 Å². The first-order valence-corrected chi connectivity index (χ1v) is 7.46. The van der Waals surface area contributed by atoms with Crippen molar-refractivity contribution in [1.29, 1.82) is 0 Å². The van der Waals surface area contributed by atoms with Crippen molar-refractivity contribution < 1.29 is 0 Å². The molecule has 1 heterocycles. The fourth-order valence-corrected chi connectivity index (χ4v) is 3.43. The Morgan fingerprint density at radius 2 is 2.26 bits per heavy atom. The van der Waals surface area contributed by atoms with Crippen LogP contribution in [0.2, 0.25) is 0 Å². The highest BCUT2D eigenvalue weighted by atomic mass is 15.2. The average molecular weight is 261 g/mol. The summed E-state index contributed by atoms with van der Waals surface area (Å²) in [4.78, 5) is 4.56. The molecule has 3 nitrogen and oxygen atoms in total. The Hall–Kier alpha value is -0.930. The first-order valence-electron chi connectivity index (χ1n) is 7.46. The minimum atomic E-state index is 0.331. The lowest BCUT2D eigenvalue weighted by Crippen LogP contribution is -2.46. The molecule has 1 aliphatic carbocycles. The molecular formula is C16H27N3. The quantitative estimate of drug-likeness (QED) is 0.633. The molecule has 3 heteroatoms. The number of nitrogens with two attached hydrogens (primary N) is 1. The standard InChI is InChI=1S/C16H27N3/c1-4-12-7-8-13(18-11-12)10-15(19-17)14-6-5-9-16(14,2)3/h7-8,11,14-15,19H,4-6,9-10,17H2,1-3H3. The van der Waals surface area contributed by atoms with Crippen LogP contribution in [0.25, 0.3) is 0 Å². The van der Waals surface area contributed by atoms with Crippen molar-refractivity contribution >= 4 is 0 Å². The van der Waals surface area contributed by atoms with Crippen LogP contribution in [-0.4, -0.2) is 11.0 Å². The second-order valence-corrected chi connectivity index (χ2v) is 6.48. The van der Waals surface area contributed by atoms with Gasteiger partial charge in [0.1, 0.15) is 0 Å². The Balaban J connectivity index is 2.06. The largest absolute Gasteiger partial charge is 0.271 e. The normalized spacial score (nSPS) is 23.5. The maximum absolute atomic E-state index is 5.80. The van der Waals surface area contributed by atoms with E-state index in [2.05, 4.69) is 43.3 Å². The fourth-order valence-electron chi connectivity index (χ4n) is 3.43. The van der Waals surface area contributed by atoms with Gasteiger partial charge < -0.3 is 0 Å². The predicted octanol–water partition coefficient (Wildman–Crippen LogP) is 2.84. The van der Waals surface area contributed by atoms with Crippen LogP contribution >= 0.6 is 0 Å².